The highest BCUT2D eigenvalue weighted by atomic mass is 16.5. The van der Waals surface area contributed by atoms with Crippen LogP contribution in [-0.4, -0.2) is 30.7 Å². The number of carbonyl (C=O) groups excluding carboxylic acids is 1. The van der Waals surface area contributed by atoms with E-state index in [0.29, 0.717) is 46.7 Å². The molecule has 2 heterocycles. The van der Waals surface area contributed by atoms with E-state index in [2.05, 4.69) is 4.98 Å². The molecule has 0 saturated heterocycles. The number of Topliss-reactive ketones (excluding diaryl/α,β-unsaturated/α-hetero) is 1. The summed E-state index contributed by atoms with van der Waals surface area (Å²) in [6.07, 6.45) is 2.67. The first kappa shape index (κ1) is 15.3. The highest BCUT2D eigenvalue weighted by Crippen LogP contribution is 2.58. The van der Waals surface area contributed by atoms with Gasteiger partial charge in [-0.05, 0) is 18.9 Å². The predicted octanol–water partition coefficient (Wildman–Crippen LogP) is 3.06. The molecule has 6 nitrogen and oxygen atoms in total. The molecular formula is C18H20N2O4. The number of nitrogens with zero attached hydrogens (tertiary/aromatic N) is 1. The van der Waals surface area contributed by atoms with Crippen LogP contribution in [0.2, 0.25) is 0 Å². The molecule has 0 spiro atoms. The van der Waals surface area contributed by atoms with Crippen molar-refractivity contribution in [2.45, 2.75) is 32.3 Å². The molecule has 1 saturated carbocycles. The van der Waals surface area contributed by atoms with E-state index in [9.17, 15) is 4.79 Å². The van der Waals surface area contributed by atoms with Gasteiger partial charge in [-0.15, -0.1) is 0 Å². The van der Waals surface area contributed by atoms with Crippen molar-refractivity contribution in [2.75, 3.05) is 14.2 Å². The zero-order chi connectivity index (χ0) is 17.3. The summed E-state index contributed by atoms with van der Waals surface area (Å²) in [5.74, 6) is 0.454. The third-order valence-electron chi connectivity index (χ3n) is 5.48. The molecule has 126 valence electrons. The Bertz CT molecular complexity index is 883. The van der Waals surface area contributed by atoms with Crippen LogP contribution in [0.3, 0.4) is 0 Å². The number of aromatic nitrogens is 1. The lowest BCUT2D eigenvalue weighted by molar-refractivity contribution is -0.148. The first-order valence-electron chi connectivity index (χ1n) is 8.00. The van der Waals surface area contributed by atoms with Crippen LogP contribution in [0.5, 0.6) is 5.75 Å². The average Bonchev–Trinajstić information content (AvgIpc) is 3.08. The number of rotatable bonds is 2. The Hall–Kier alpha value is -2.21. The second kappa shape index (κ2) is 4.66. The summed E-state index contributed by atoms with van der Waals surface area (Å²) in [6.45, 7) is 3.88. The minimum Gasteiger partial charge on any atom is -0.495 e. The molecule has 4 rings (SSSR count). The summed E-state index contributed by atoms with van der Waals surface area (Å²) >= 11 is 0. The van der Waals surface area contributed by atoms with Crippen LogP contribution in [0, 0.1) is 16.7 Å². The van der Waals surface area contributed by atoms with Crippen LogP contribution < -0.4 is 4.74 Å². The second-order valence-electron chi connectivity index (χ2n) is 7.24. The highest BCUT2D eigenvalue weighted by Gasteiger charge is 2.64. The largest absolute Gasteiger partial charge is 0.495 e. The monoisotopic (exact) mass is 328 g/mol. The third-order valence-corrected chi connectivity index (χ3v) is 5.48. The Balaban J connectivity index is 2.14. The van der Waals surface area contributed by atoms with E-state index < -0.39 is 11.0 Å². The van der Waals surface area contributed by atoms with Crippen molar-refractivity contribution in [1.82, 2.24) is 4.98 Å². The van der Waals surface area contributed by atoms with E-state index in [0.717, 1.165) is 0 Å². The van der Waals surface area contributed by atoms with E-state index >= 15 is 0 Å². The highest BCUT2D eigenvalue weighted by molar-refractivity contribution is 6.09. The number of hydrogen-bond donors (Lipinski definition) is 1. The first-order valence-corrected chi connectivity index (χ1v) is 8.00. The number of fused-ring (bicyclic) bond motifs is 4. The molecule has 2 aliphatic carbocycles. The summed E-state index contributed by atoms with van der Waals surface area (Å²) in [7, 11) is 3.12. The van der Waals surface area contributed by atoms with Crippen LogP contribution in [0.25, 0.3) is 11.1 Å². The molecule has 2 unspecified atom stereocenters. The van der Waals surface area contributed by atoms with Crippen molar-refractivity contribution in [3.05, 3.63) is 23.6 Å². The first-order chi connectivity index (χ1) is 11.4. The maximum absolute atomic E-state index is 13.3. The van der Waals surface area contributed by atoms with Crippen molar-refractivity contribution < 1.29 is 18.7 Å². The summed E-state index contributed by atoms with van der Waals surface area (Å²) in [6, 6.07) is 1.77. The fraction of sp³-hybridized carbons (Fsp3) is 0.500. The lowest BCUT2D eigenvalue weighted by atomic mass is 9.73. The predicted molar refractivity (Wildman–Crippen MR) is 87.6 cm³/mol. The molecule has 0 aromatic carbocycles. The number of furan rings is 1. The molecule has 0 aliphatic heterocycles. The number of hydrogen-bond acceptors (Lipinski definition) is 6. The number of ether oxygens (including phenoxy) is 2. The van der Waals surface area contributed by atoms with E-state index in [4.69, 9.17) is 19.3 Å². The molecule has 0 bridgehead atoms. The Morgan fingerprint density at radius 1 is 1.38 bits per heavy atom. The standard InChI is InChI=1S/C18H20N2O4/c1-17(2)8-9-7-11(19)13-12(18(9,23-4)16(17)21)14(22-3)10-5-6-24-15(10)20-13/h5-6,9,19H,7-8H2,1-4H3. The fourth-order valence-electron chi connectivity index (χ4n) is 4.51. The van der Waals surface area contributed by atoms with Gasteiger partial charge in [-0.25, -0.2) is 4.98 Å². The summed E-state index contributed by atoms with van der Waals surface area (Å²) in [5.41, 5.74) is 0.192. The van der Waals surface area contributed by atoms with Crippen LogP contribution in [-0.2, 0) is 15.1 Å². The van der Waals surface area contributed by atoms with Gasteiger partial charge >= 0.3 is 0 Å². The van der Waals surface area contributed by atoms with E-state index in [1.54, 1.807) is 20.3 Å². The van der Waals surface area contributed by atoms with Gasteiger partial charge in [-0.3, -0.25) is 4.79 Å². The fourth-order valence-corrected chi connectivity index (χ4v) is 4.51. The molecular weight excluding hydrogens is 308 g/mol. The Morgan fingerprint density at radius 2 is 2.12 bits per heavy atom. The quantitative estimate of drug-likeness (QED) is 0.915. The van der Waals surface area contributed by atoms with E-state index in [1.165, 1.54) is 6.26 Å². The van der Waals surface area contributed by atoms with Crippen molar-refractivity contribution >= 4 is 22.6 Å². The van der Waals surface area contributed by atoms with Gasteiger partial charge in [0, 0.05) is 18.4 Å². The zero-order valence-corrected chi connectivity index (χ0v) is 14.2. The van der Waals surface area contributed by atoms with Gasteiger partial charge in [0.1, 0.15) is 5.75 Å². The molecule has 2 aromatic rings. The maximum atomic E-state index is 13.3. The lowest BCUT2D eigenvalue weighted by Crippen LogP contribution is -2.46. The van der Waals surface area contributed by atoms with Crippen molar-refractivity contribution in [3.8, 4) is 5.75 Å². The van der Waals surface area contributed by atoms with Gasteiger partial charge in [0.15, 0.2) is 11.4 Å². The molecule has 1 fully saturated rings. The smallest absolute Gasteiger partial charge is 0.230 e. The minimum atomic E-state index is -1.12. The average molecular weight is 328 g/mol. The lowest BCUT2D eigenvalue weighted by Gasteiger charge is -2.39. The van der Waals surface area contributed by atoms with Crippen molar-refractivity contribution in [1.29, 1.82) is 5.41 Å². The van der Waals surface area contributed by atoms with Crippen LogP contribution in [0.1, 0.15) is 37.9 Å². The molecule has 0 amide bonds. The van der Waals surface area contributed by atoms with Crippen LogP contribution in [0.4, 0.5) is 0 Å². The van der Waals surface area contributed by atoms with Crippen LogP contribution >= 0.6 is 0 Å². The molecule has 1 N–H and O–H groups in total. The van der Waals surface area contributed by atoms with Gasteiger partial charge in [-0.2, -0.15) is 0 Å². The number of carbonyl (C=O) groups is 1. The Kier molecular flexibility index (Phi) is 2.98. The van der Waals surface area contributed by atoms with Gasteiger partial charge in [0.2, 0.25) is 5.71 Å². The van der Waals surface area contributed by atoms with E-state index in [1.807, 2.05) is 13.8 Å². The van der Waals surface area contributed by atoms with Gasteiger partial charge in [0.25, 0.3) is 0 Å². The SMILES string of the molecule is COc1c2c(nc3occc13)C(=N)CC1CC(C)(C)C(=O)C21OC. The number of methoxy groups -OCH3 is 2. The normalized spacial score (nSPS) is 28.1. The molecule has 2 aromatic heterocycles. The molecule has 2 atom stereocenters. The molecule has 6 heteroatoms. The third kappa shape index (κ3) is 1.61. The number of pyridine rings is 1. The molecule has 0 radical (unpaired) electrons. The van der Waals surface area contributed by atoms with E-state index in [-0.39, 0.29) is 11.7 Å². The summed E-state index contributed by atoms with van der Waals surface area (Å²) in [4.78, 5) is 17.8. The Labute approximate surface area is 139 Å². The molecule has 24 heavy (non-hydrogen) atoms. The summed E-state index contributed by atoms with van der Waals surface area (Å²) in [5, 5.41) is 9.15. The van der Waals surface area contributed by atoms with Gasteiger partial charge in [-0.1, -0.05) is 13.8 Å². The second-order valence-corrected chi connectivity index (χ2v) is 7.24. The summed E-state index contributed by atoms with van der Waals surface area (Å²) < 4.78 is 17.0. The van der Waals surface area contributed by atoms with Crippen LogP contribution in [0.15, 0.2) is 16.7 Å². The Morgan fingerprint density at radius 3 is 2.79 bits per heavy atom. The number of nitrogens with one attached hydrogen (secondary N) is 1. The molecule has 2 aliphatic rings. The van der Waals surface area contributed by atoms with Gasteiger partial charge < -0.3 is 19.3 Å². The van der Waals surface area contributed by atoms with Crippen molar-refractivity contribution in [3.63, 3.8) is 0 Å². The zero-order valence-electron chi connectivity index (χ0n) is 14.2. The number of ketones is 1. The van der Waals surface area contributed by atoms with Gasteiger partial charge in [0.05, 0.1) is 35.7 Å². The van der Waals surface area contributed by atoms with Crippen molar-refractivity contribution in [2.24, 2.45) is 11.3 Å². The minimum absolute atomic E-state index is 0.0270. The topological polar surface area (TPSA) is 85.4 Å². The maximum Gasteiger partial charge on any atom is 0.230 e.